The third-order valence-electron chi connectivity index (χ3n) is 5.13. The van der Waals surface area contributed by atoms with E-state index in [0.29, 0.717) is 5.56 Å². The predicted molar refractivity (Wildman–Crippen MR) is 114 cm³/mol. The molecule has 0 saturated heterocycles. The number of aryl methyl sites for hydroxylation is 2. The van der Waals surface area contributed by atoms with Crippen molar-refractivity contribution >= 4 is 0 Å². The summed E-state index contributed by atoms with van der Waals surface area (Å²) in [5.41, 5.74) is 6.26. The van der Waals surface area contributed by atoms with Gasteiger partial charge < -0.3 is 0 Å². The highest BCUT2D eigenvalue weighted by atomic mass is 19.1. The summed E-state index contributed by atoms with van der Waals surface area (Å²) in [5.74, 6) is -0.164. The van der Waals surface area contributed by atoms with Gasteiger partial charge in [-0.25, -0.2) is 4.39 Å². The standard InChI is InChI=1S/C26H29F/c1-3-5-6-8-21-9-13-22(14-10-21)24-17-18-25(26(27)19-24)23-15-11-20(7-4-2)12-16-23/h9-19H,3-8H2,1-2H3. The van der Waals surface area contributed by atoms with Gasteiger partial charge in [0.1, 0.15) is 5.82 Å². The molecule has 0 N–H and O–H groups in total. The molecule has 27 heavy (non-hydrogen) atoms. The third-order valence-corrected chi connectivity index (χ3v) is 5.13. The highest BCUT2D eigenvalue weighted by Gasteiger charge is 2.08. The van der Waals surface area contributed by atoms with Gasteiger partial charge in [-0.2, -0.15) is 0 Å². The lowest BCUT2D eigenvalue weighted by Crippen LogP contribution is -1.89. The fraction of sp³-hybridized carbons (Fsp3) is 0.308. The van der Waals surface area contributed by atoms with E-state index in [2.05, 4.69) is 50.2 Å². The van der Waals surface area contributed by atoms with Crippen LogP contribution in [0.15, 0.2) is 66.7 Å². The quantitative estimate of drug-likeness (QED) is 0.359. The minimum absolute atomic E-state index is 0.164. The Hall–Kier alpha value is -2.41. The predicted octanol–water partition coefficient (Wildman–Crippen LogP) is 7.84. The van der Waals surface area contributed by atoms with Gasteiger partial charge in [-0.15, -0.1) is 0 Å². The van der Waals surface area contributed by atoms with E-state index in [1.807, 2.05) is 24.3 Å². The van der Waals surface area contributed by atoms with Crippen molar-refractivity contribution in [2.75, 3.05) is 0 Å². The van der Waals surface area contributed by atoms with Crippen molar-refractivity contribution in [1.82, 2.24) is 0 Å². The average molecular weight is 361 g/mol. The van der Waals surface area contributed by atoms with Crippen molar-refractivity contribution in [2.24, 2.45) is 0 Å². The summed E-state index contributed by atoms with van der Waals surface area (Å²) in [6, 6.07) is 22.4. The Balaban J connectivity index is 1.76. The first-order valence-corrected chi connectivity index (χ1v) is 10.2. The molecule has 0 unspecified atom stereocenters. The molecule has 3 aromatic carbocycles. The van der Waals surface area contributed by atoms with Crippen LogP contribution in [-0.2, 0) is 12.8 Å². The van der Waals surface area contributed by atoms with E-state index in [9.17, 15) is 4.39 Å². The van der Waals surface area contributed by atoms with Crippen molar-refractivity contribution in [3.8, 4) is 22.3 Å². The van der Waals surface area contributed by atoms with Crippen molar-refractivity contribution in [2.45, 2.75) is 52.4 Å². The minimum Gasteiger partial charge on any atom is -0.206 e. The third kappa shape index (κ3) is 5.07. The first-order chi connectivity index (χ1) is 13.2. The van der Waals surface area contributed by atoms with E-state index in [0.717, 1.165) is 36.0 Å². The lowest BCUT2D eigenvalue weighted by atomic mass is 9.97. The van der Waals surface area contributed by atoms with Gasteiger partial charge in [0.05, 0.1) is 0 Å². The smallest absolute Gasteiger partial charge is 0.131 e. The van der Waals surface area contributed by atoms with Gasteiger partial charge in [0.25, 0.3) is 0 Å². The Morgan fingerprint density at radius 3 is 1.78 bits per heavy atom. The number of halogens is 1. The molecule has 3 rings (SSSR count). The molecule has 0 atom stereocenters. The van der Waals surface area contributed by atoms with E-state index in [4.69, 9.17) is 0 Å². The van der Waals surface area contributed by atoms with Gasteiger partial charge in [-0.1, -0.05) is 93.8 Å². The molecule has 0 fully saturated rings. The van der Waals surface area contributed by atoms with Crippen molar-refractivity contribution in [3.05, 3.63) is 83.7 Å². The minimum atomic E-state index is -0.164. The monoisotopic (exact) mass is 360 g/mol. The summed E-state index contributed by atoms with van der Waals surface area (Å²) >= 11 is 0. The zero-order chi connectivity index (χ0) is 19.1. The average Bonchev–Trinajstić information content (AvgIpc) is 2.70. The summed E-state index contributed by atoms with van der Waals surface area (Å²) in [6.07, 6.45) is 7.06. The van der Waals surface area contributed by atoms with Gasteiger partial charge in [0.2, 0.25) is 0 Å². The van der Waals surface area contributed by atoms with Crippen LogP contribution in [-0.4, -0.2) is 0 Å². The molecule has 140 valence electrons. The van der Waals surface area contributed by atoms with E-state index in [1.54, 1.807) is 6.07 Å². The molecule has 0 saturated carbocycles. The van der Waals surface area contributed by atoms with Crippen molar-refractivity contribution in [1.29, 1.82) is 0 Å². The highest BCUT2D eigenvalue weighted by molar-refractivity contribution is 5.71. The first-order valence-electron chi connectivity index (χ1n) is 10.2. The summed E-state index contributed by atoms with van der Waals surface area (Å²) in [6.45, 7) is 4.39. The lowest BCUT2D eigenvalue weighted by Gasteiger charge is -2.09. The van der Waals surface area contributed by atoms with Crippen LogP contribution in [0, 0.1) is 5.82 Å². The molecular weight excluding hydrogens is 331 g/mol. The van der Waals surface area contributed by atoms with Crippen LogP contribution < -0.4 is 0 Å². The number of benzene rings is 3. The molecule has 0 aliphatic rings. The number of rotatable bonds is 8. The molecule has 3 aromatic rings. The maximum atomic E-state index is 14.8. The second-order valence-electron chi connectivity index (χ2n) is 7.30. The molecule has 0 radical (unpaired) electrons. The zero-order valence-electron chi connectivity index (χ0n) is 16.5. The molecule has 0 spiro atoms. The fourth-order valence-electron chi connectivity index (χ4n) is 3.51. The SMILES string of the molecule is CCCCCc1ccc(-c2ccc(-c3ccc(CCC)cc3)c(F)c2)cc1. The summed E-state index contributed by atoms with van der Waals surface area (Å²) in [4.78, 5) is 0. The molecule has 1 heteroatoms. The summed E-state index contributed by atoms with van der Waals surface area (Å²) in [5, 5.41) is 0. The van der Waals surface area contributed by atoms with Gasteiger partial charge in [0, 0.05) is 5.56 Å². The number of hydrogen-bond donors (Lipinski definition) is 0. The maximum Gasteiger partial charge on any atom is 0.131 e. The van der Waals surface area contributed by atoms with Crippen LogP contribution >= 0.6 is 0 Å². The Kier molecular flexibility index (Phi) is 6.81. The maximum absolute atomic E-state index is 14.8. The van der Waals surface area contributed by atoms with Gasteiger partial charge in [0.15, 0.2) is 0 Å². The van der Waals surface area contributed by atoms with E-state index in [-0.39, 0.29) is 5.82 Å². The van der Waals surface area contributed by atoms with Crippen LogP contribution in [0.3, 0.4) is 0 Å². The largest absolute Gasteiger partial charge is 0.206 e. The van der Waals surface area contributed by atoms with Crippen LogP contribution in [0.5, 0.6) is 0 Å². The molecule has 0 aliphatic heterocycles. The van der Waals surface area contributed by atoms with E-state index in [1.165, 1.54) is 30.4 Å². The Bertz CT molecular complexity index is 844. The molecule has 0 aliphatic carbocycles. The highest BCUT2D eigenvalue weighted by Crippen LogP contribution is 2.28. The lowest BCUT2D eigenvalue weighted by molar-refractivity contribution is 0.632. The molecule has 0 aromatic heterocycles. The van der Waals surface area contributed by atoms with E-state index >= 15 is 0 Å². The van der Waals surface area contributed by atoms with Crippen LogP contribution in [0.25, 0.3) is 22.3 Å². The summed E-state index contributed by atoms with van der Waals surface area (Å²) < 4.78 is 14.8. The number of hydrogen-bond acceptors (Lipinski definition) is 0. The van der Waals surface area contributed by atoms with E-state index < -0.39 is 0 Å². The molecule has 0 nitrogen and oxygen atoms in total. The van der Waals surface area contributed by atoms with Gasteiger partial charge in [-0.05, 0) is 53.1 Å². The number of unbranched alkanes of at least 4 members (excludes halogenated alkanes) is 2. The second kappa shape index (κ2) is 9.50. The Morgan fingerprint density at radius 1 is 0.593 bits per heavy atom. The first kappa shape index (κ1) is 19.4. The van der Waals surface area contributed by atoms with Crippen LogP contribution in [0.4, 0.5) is 4.39 Å². The summed E-state index contributed by atoms with van der Waals surface area (Å²) in [7, 11) is 0. The fourth-order valence-corrected chi connectivity index (χ4v) is 3.51. The molecule has 0 amide bonds. The normalized spacial score (nSPS) is 10.9. The van der Waals surface area contributed by atoms with Gasteiger partial charge in [-0.3, -0.25) is 0 Å². The van der Waals surface area contributed by atoms with Crippen LogP contribution in [0.2, 0.25) is 0 Å². The molecule has 0 heterocycles. The topological polar surface area (TPSA) is 0 Å². The van der Waals surface area contributed by atoms with Crippen molar-refractivity contribution < 1.29 is 4.39 Å². The van der Waals surface area contributed by atoms with Crippen molar-refractivity contribution in [3.63, 3.8) is 0 Å². The van der Waals surface area contributed by atoms with Gasteiger partial charge >= 0.3 is 0 Å². The second-order valence-corrected chi connectivity index (χ2v) is 7.30. The molecular formula is C26H29F. The van der Waals surface area contributed by atoms with Crippen LogP contribution in [0.1, 0.15) is 50.7 Å². The molecule has 0 bridgehead atoms. The zero-order valence-corrected chi connectivity index (χ0v) is 16.5. The Labute approximate surface area is 163 Å². The Morgan fingerprint density at radius 2 is 1.19 bits per heavy atom.